The summed E-state index contributed by atoms with van der Waals surface area (Å²) in [5, 5.41) is 0. The maximum atomic E-state index is 11.3. The lowest BCUT2D eigenvalue weighted by Gasteiger charge is -2.14. The van der Waals surface area contributed by atoms with Gasteiger partial charge in [-0.05, 0) is 5.56 Å². The van der Waals surface area contributed by atoms with Crippen LogP contribution in [0.1, 0.15) is 11.1 Å². The highest BCUT2D eigenvalue weighted by atomic mass is 16.2. The molecule has 1 aliphatic rings. The SMILES string of the molecule is O=[C]c1ccccc1CN1C(=O)C=CC1=O. The third-order valence-electron chi connectivity index (χ3n) is 2.36. The van der Waals surface area contributed by atoms with E-state index in [1.807, 2.05) is 0 Å². The summed E-state index contributed by atoms with van der Waals surface area (Å²) in [4.78, 5) is 34.3. The lowest BCUT2D eigenvalue weighted by molar-refractivity contribution is -0.137. The van der Waals surface area contributed by atoms with Crippen LogP contribution in [0.15, 0.2) is 36.4 Å². The van der Waals surface area contributed by atoms with Gasteiger partial charge in [0.25, 0.3) is 11.8 Å². The average molecular weight is 214 g/mol. The number of benzene rings is 1. The van der Waals surface area contributed by atoms with Crippen molar-refractivity contribution in [3.8, 4) is 0 Å². The molecule has 0 spiro atoms. The van der Waals surface area contributed by atoms with Gasteiger partial charge >= 0.3 is 0 Å². The fourth-order valence-corrected chi connectivity index (χ4v) is 1.52. The Labute approximate surface area is 92.2 Å². The number of rotatable bonds is 3. The highest BCUT2D eigenvalue weighted by Crippen LogP contribution is 2.13. The molecule has 0 fully saturated rings. The van der Waals surface area contributed by atoms with Crippen LogP contribution in [0.5, 0.6) is 0 Å². The average Bonchev–Trinajstić information content (AvgIpc) is 2.61. The van der Waals surface area contributed by atoms with E-state index in [4.69, 9.17) is 0 Å². The van der Waals surface area contributed by atoms with Crippen LogP contribution in [0.25, 0.3) is 0 Å². The maximum Gasteiger partial charge on any atom is 0.253 e. The van der Waals surface area contributed by atoms with Crippen LogP contribution >= 0.6 is 0 Å². The molecule has 0 bridgehead atoms. The van der Waals surface area contributed by atoms with Crippen LogP contribution in [0.4, 0.5) is 0 Å². The number of carbonyl (C=O) groups excluding carboxylic acids is 3. The van der Waals surface area contributed by atoms with Crippen molar-refractivity contribution in [1.29, 1.82) is 0 Å². The molecule has 4 nitrogen and oxygen atoms in total. The van der Waals surface area contributed by atoms with Crippen molar-refractivity contribution in [3.63, 3.8) is 0 Å². The van der Waals surface area contributed by atoms with Gasteiger partial charge in [-0.1, -0.05) is 24.3 Å². The summed E-state index contributed by atoms with van der Waals surface area (Å²) in [5.41, 5.74) is 0.984. The van der Waals surface area contributed by atoms with Crippen LogP contribution in [0.2, 0.25) is 0 Å². The quantitative estimate of drug-likeness (QED) is 0.691. The molecular formula is C12H8NO3. The molecule has 0 unspecified atom stereocenters. The van der Waals surface area contributed by atoms with Gasteiger partial charge in [0.15, 0.2) is 0 Å². The van der Waals surface area contributed by atoms with E-state index >= 15 is 0 Å². The van der Waals surface area contributed by atoms with Gasteiger partial charge in [0.05, 0.1) is 6.54 Å². The summed E-state index contributed by atoms with van der Waals surface area (Å²) in [6, 6.07) is 6.74. The topological polar surface area (TPSA) is 54.5 Å². The number of hydrogen-bond donors (Lipinski definition) is 0. The van der Waals surface area contributed by atoms with Crippen molar-refractivity contribution in [2.75, 3.05) is 0 Å². The first kappa shape index (κ1) is 10.3. The molecule has 4 heteroatoms. The fraction of sp³-hybridized carbons (Fsp3) is 0.0833. The van der Waals surface area contributed by atoms with E-state index in [2.05, 4.69) is 0 Å². The molecular weight excluding hydrogens is 206 g/mol. The standard InChI is InChI=1S/C12H8NO3/c14-8-10-4-2-1-3-9(10)7-13-11(15)5-6-12(13)16/h1-6H,7H2. The largest absolute Gasteiger partial charge is 0.285 e. The van der Waals surface area contributed by atoms with E-state index < -0.39 is 0 Å². The van der Waals surface area contributed by atoms with E-state index in [0.717, 1.165) is 4.90 Å². The smallest absolute Gasteiger partial charge is 0.253 e. The lowest BCUT2D eigenvalue weighted by Crippen LogP contribution is -2.29. The van der Waals surface area contributed by atoms with Crippen LogP contribution in [0, 0.1) is 0 Å². The van der Waals surface area contributed by atoms with Gasteiger partial charge in [0, 0.05) is 17.7 Å². The minimum Gasteiger partial charge on any atom is -0.285 e. The van der Waals surface area contributed by atoms with Crippen molar-refractivity contribution >= 4 is 18.1 Å². The molecule has 0 saturated heterocycles. The zero-order chi connectivity index (χ0) is 11.5. The second-order valence-corrected chi connectivity index (χ2v) is 3.36. The summed E-state index contributed by atoms with van der Waals surface area (Å²) >= 11 is 0. The van der Waals surface area contributed by atoms with Crippen molar-refractivity contribution in [2.45, 2.75) is 6.54 Å². The predicted molar refractivity (Wildman–Crippen MR) is 55.9 cm³/mol. The molecule has 1 radical (unpaired) electrons. The molecule has 0 aliphatic carbocycles. The Morgan fingerprint density at radius 1 is 1.06 bits per heavy atom. The van der Waals surface area contributed by atoms with Crippen LogP contribution in [-0.2, 0) is 20.9 Å². The van der Waals surface area contributed by atoms with Crippen molar-refractivity contribution in [3.05, 3.63) is 47.5 Å². The van der Waals surface area contributed by atoms with Crippen molar-refractivity contribution in [1.82, 2.24) is 4.90 Å². The Morgan fingerprint density at radius 3 is 2.31 bits per heavy atom. The van der Waals surface area contributed by atoms with Gasteiger partial charge in [0.2, 0.25) is 6.29 Å². The second-order valence-electron chi connectivity index (χ2n) is 3.36. The molecule has 1 aliphatic heterocycles. The Morgan fingerprint density at radius 2 is 1.69 bits per heavy atom. The number of imide groups is 1. The first-order valence-corrected chi connectivity index (χ1v) is 4.72. The Hall–Kier alpha value is -2.23. The second kappa shape index (κ2) is 4.10. The normalized spacial score (nSPS) is 14.6. The molecule has 0 aromatic heterocycles. The van der Waals surface area contributed by atoms with Gasteiger partial charge in [-0.15, -0.1) is 0 Å². The van der Waals surface area contributed by atoms with E-state index in [0.29, 0.717) is 11.1 Å². The molecule has 0 atom stereocenters. The number of carbonyl (C=O) groups is 2. The first-order chi connectivity index (χ1) is 7.72. The van der Waals surface area contributed by atoms with Crippen LogP contribution in [-0.4, -0.2) is 23.0 Å². The highest BCUT2D eigenvalue weighted by molar-refractivity contribution is 6.12. The first-order valence-electron chi connectivity index (χ1n) is 4.72. The Kier molecular flexibility index (Phi) is 2.64. The molecule has 1 aromatic carbocycles. The van der Waals surface area contributed by atoms with E-state index in [1.165, 1.54) is 12.2 Å². The molecule has 0 saturated carbocycles. The van der Waals surface area contributed by atoms with Gasteiger partial charge < -0.3 is 0 Å². The molecule has 2 rings (SSSR count). The Bertz CT molecular complexity index is 473. The van der Waals surface area contributed by atoms with E-state index in [9.17, 15) is 14.4 Å². The molecule has 1 heterocycles. The minimum atomic E-state index is -0.356. The van der Waals surface area contributed by atoms with Gasteiger partial charge in [0.1, 0.15) is 0 Å². The Balaban J connectivity index is 2.24. The van der Waals surface area contributed by atoms with Crippen LogP contribution < -0.4 is 0 Å². The molecule has 79 valence electrons. The summed E-state index contributed by atoms with van der Waals surface area (Å²) in [6.45, 7) is 0.107. The molecule has 1 aromatic rings. The van der Waals surface area contributed by atoms with Crippen molar-refractivity contribution < 1.29 is 14.4 Å². The zero-order valence-electron chi connectivity index (χ0n) is 8.34. The lowest BCUT2D eigenvalue weighted by atomic mass is 10.1. The summed E-state index contributed by atoms with van der Waals surface area (Å²) < 4.78 is 0. The number of amides is 2. The summed E-state index contributed by atoms with van der Waals surface area (Å²) in [5.74, 6) is -0.712. The maximum absolute atomic E-state index is 11.3. The third kappa shape index (κ3) is 1.77. The van der Waals surface area contributed by atoms with Crippen LogP contribution in [0.3, 0.4) is 0 Å². The van der Waals surface area contributed by atoms with Gasteiger partial charge in [-0.3, -0.25) is 19.3 Å². The van der Waals surface area contributed by atoms with Gasteiger partial charge in [-0.2, -0.15) is 0 Å². The van der Waals surface area contributed by atoms with E-state index in [1.54, 1.807) is 30.6 Å². The molecule has 2 amide bonds. The molecule has 16 heavy (non-hydrogen) atoms. The summed E-state index contributed by atoms with van der Waals surface area (Å²) in [7, 11) is 0. The molecule has 0 N–H and O–H groups in total. The predicted octanol–water partition coefficient (Wildman–Crippen LogP) is 0.569. The minimum absolute atomic E-state index is 0.107. The number of nitrogens with zero attached hydrogens (tertiary/aromatic N) is 1. The van der Waals surface area contributed by atoms with Gasteiger partial charge in [-0.25, -0.2) is 0 Å². The zero-order valence-corrected chi connectivity index (χ0v) is 8.34. The highest BCUT2D eigenvalue weighted by Gasteiger charge is 2.23. The van der Waals surface area contributed by atoms with E-state index in [-0.39, 0.29) is 18.4 Å². The van der Waals surface area contributed by atoms with Crippen molar-refractivity contribution in [2.24, 2.45) is 0 Å². The third-order valence-corrected chi connectivity index (χ3v) is 2.36. The summed E-state index contributed by atoms with van der Waals surface area (Å²) in [6.07, 6.45) is 4.22. The monoisotopic (exact) mass is 214 g/mol. The number of hydrogen-bond acceptors (Lipinski definition) is 3. The fourth-order valence-electron chi connectivity index (χ4n) is 1.52.